The summed E-state index contributed by atoms with van der Waals surface area (Å²) < 4.78 is 16.5. The first-order chi connectivity index (χ1) is 12.5. The van der Waals surface area contributed by atoms with Gasteiger partial charge in [0, 0.05) is 12.1 Å². The summed E-state index contributed by atoms with van der Waals surface area (Å²) in [6, 6.07) is 11.1. The van der Waals surface area contributed by atoms with Gasteiger partial charge >= 0.3 is 0 Å². The van der Waals surface area contributed by atoms with Crippen LogP contribution in [0.3, 0.4) is 0 Å². The van der Waals surface area contributed by atoms with Crippen LogP contribution in [0.25, 0.3) is 0 Å². The molecule has 0 saturated carbocycles. The Kier molecular flexibility index (Phi) is 7.29. The van der Waals surface area contributed by atoms with E-state index in [-0.39, 0.29) is 18.5 Å². The Morgan fingerprint density at radius 1 is 1.04 bits per heavy atom. The van der Waals surface area contributed by atoms with E-state index < -0.39 is 0 Å². The molecule has 0 aliphatic carbocycles. The fourth-order valence-corrected chi connectivity index (χ4v) is 2.97. The minimum Gasteiger partial charge on any atom is -0.497 e. The van der Waals surface area contributed by atoms with E-state index in [0.29, 0.717) is 17.2 Å². The molecule has 2 rings (SSSR count). The fraction of sp³-hybridized carbons (Fsp3) is 0.316. The second-order valence-corrected chi connectivity index (χ2v) is 6.47. The van der Waals surface area contributed by atoms with Crippen LogP contribution in [0.2, 0.25) is 0 Å². The minimum absolute atomic E-state index is 0.000666. The molecule has 0 fully saturated rings. The van der Waals surface area contributed by atoms with Crippen molar-refractivity contribution < 1.29 is 19.0 Å². The van der Waals surface area contributed by atoms with Crippen molar-refractivity contribution in [1.29, 1.82) is 0 Å². The van der Waals surface area contributed by atoms with Gasteiger partial charge in [0.2, 0.25) is 5.91 Å². The maximum atomic E-state index is 12.2. The van der Waals surface area contributed by atoms with Gasteiger partial charge in [-0.25, -0.2) is 0 Å². The van der Waals surface area contributed by atoms with Crippen molar-refractivity contribution in [1.82, 2.24) is 5.32 Å². The van der Waals surface area contributed by atoms with Crippen LogP contribution in [0.5, 0.6) is 17.2 Å². The van der Waals surface area contributed by atoms with E-state index in [1.165, 1.54) is 0 Å². The molecular weight excluding hydrogens is 400 g/mol. The SMILES string of the molecule is COc1ccc(NC(=O)CNC(C)c2ccc(OC)c(Br)c2)c(OC)c1. The Labute approximate surface area is 162 Å². The number of nitrogens with one attached hydrogen (secondary N) is 2. The summed E-state index contributed by atoms with van der Waals surface area (Å²) >= 11 is 3.47. The number of anilines is 1. The minimum atomic E-state index is -0.159. The van der Waals surface area contributed by atoms with Crippen LogP contribution in [0.1, 0.15) is 18.5 Å². The van der Waals surface area contributed by atoms with Crippen molar-refractivity contribution in [3.63, 3.8) is 0 Å². The summed E-state index contributed by atoms with van der Waals surface area (Å²) in [5.41, 5.74) is 1.65. The summed E-state index contributed by atoms with van der Waals surface area (Å²) in [6.45, 7) is 2.16. The van der Waals surface area contributed by atoms with E-state index in [1.807, 2.05) is 25.1 Å². The number of benzene rings is 2. The molecule has 0 aromatic heterocycles. The van der Waals surface area contributed by atoms with Gasteiger partial charge in [-0.3, -0.25) is 4.79 Å². The predicted molar refractivity (Wildman–Crippen MR) is 105 cm³/mol. The molecule has 0 bridgehead atoms. The zero-order valence-corrected chi connectivity index (χ0v) is 16.8. The van der Waals surface area contributed by atoms with Crippen molar-refractivity contribution >= 4 is 27.5 Å². The van der Waals surface area contributed by atoms with Crippen molar-refractivity contribution in [2.45, 2.75) is 13.0 Å². The zero-order valence-electron chi connectivity index (χ0n) is 15.3. The molecule has 0 aliphatic heterocycles. The second kappa shape index (κ2) is 9.45. The number of ether oxygens (including phenoxy) is 3. The maximum absolute atomic E-state index is 12.2. The topological polar surface area (TPSA) is 68.8 Å². The molecule has 1 amide bonds. The molecule has 0 saturated heterocycles. The van der Waals surface area contributed by atoms with Gasteiger partial charge in [0.25, 0.3) is 0 Å². The van der Waals surface area contributed by atoms with Crippen LogP contribution in [0.15, 0.2) is 40.9 Å². The number of amides is 1. The molecular formula is C19H23BrN2O4. The summed E-state index contributed by atoms with van der Waals surface area (Å²) in [5, 5.41) is 6.04. The molecule has 26 heavy (non-hydrogen) atoms. The normalized spacial score (nSPS) is 11.6. The van der Waals surface area contributed by atoms with Crippen LogP contribution in [0, 0.1) is 0 Å². The number of hydrogen-bond acceptors (Lipinski definition) is 5. The first-order valence-corrected chi connectivity index (χ1v) is 8.86. The molecule has 2 aromatic rings. The summed E-state index contributed by atoms with van der Waals surface area (Å²) in [7, 11) is 4.75. The van der Waals surface area contributed by atoms with E-state index >= 15 is 0 Å². The Morgan fingerprint density at radius 3 is 2.38 bits per heavy atom. The Morgan fingerprint density at radius 2 is 1.77 bits per heavy atom. The molecule has 2 N–H and O–H groups in total. The van der Waals surface area contributed by atoms with Crippen LogP contribution < -0.4 is 24.8 Å². The lowest BCUT2D eigenvalue weighted by Gasteiger charge is -2.16. The van der Waals surface area contributed by atoms with Gasteiger partial charge in [-0.15, -0.1) is 0 Å². The lowest BCUT2D eigenvalue weighted by Crippen LogP contribution is -2.30. The number of carbonyl (C=O) groups is 1. The standard InChI is InChI=1S/C19H23BrN2O4/c1-12(13-5-8-17(25-3)15(20)9-13)21-11-19(23)22-16-7-6-14(24-2)10-18(16)26-4/h5-10,12,21H,11H2,1-4H3,(H,22,23). The number of methoxy groups -OCH3 is 3. The summed E-state index contributed by atoms with van der Waals surface area (Å²) in [5.74, 6) is 1.82. The lowest BCUT2D eigenvalue weighted by atomic mass is 10.1. The number of carbonyl (C=O) groups excluding carboxylic acids is 1. The van der Waals surface area contributed by atoms with Crippen LogP contribution in [-0.4, -0.2) is 33.8 Å². The highest BCUT2D eigenvalue weighted by Crippen LogP contribution is 2.29. The average Bonchev–Trinajstić information content (AvgIpc) is 2.66. The Hall–Kier alpha value is -2.25. The first kappa shape index (κ1) is 20.1. The predicted octanol–water partition coefficient (Wildman–Crippen LogP) is 3.76. The zero-order chi connectivity index (χ0) is 19.1. The highest BCUT2D eigenvalue weighted by Gasteiger charge is 2.12. The van der Waals surface area contributed by atoms with Gasteiger partial charge in [-0.05, 0) is 52.7 Å². The third-order valence-corrected chi connectivity index (χ3v) is 4.55. The Balaban J connectivity index is 1.95. The molecule has 140 valence electrons. The van der Waals surface area contributed by atoms with Crippen LogP contribution >= 0.6 is 15.9 Å². The van der Waals surface area contributed by atoms with Gasteiger partial charge in [0.1, 0.15) is 17.2 Å². The summed E-state index contributed by atoms with van der Waals surface area (Å²) in [4.78, 5) is 12.2. The molecule has 6 nitrogen and oxygen atoms in total. The highest BCUT2D eigenvalue weighted by molar-refractivity contribution is 9.10. The maximum Gasteiger partial charge on any atom is 0.238 e. The monoisotopic (exact) mass is 422 g/mol. The third-order valence-electron chi connectivity index (χ3n) is 3.93. The largest absolute Gasteiger partial charge is 0.497 e. The Bertz CT molecular complexity index is 767. The lowest BCUT2D eigenvalue weighted by molar-refractivity contribution is -0.115. The van der Waals surface area contributed by atoms with E-state index in [1.54, 1.807) is 39.5 Å². The highest BCUT2D eigenvalue weighted by atomic mass is 79.9. The molecule has 0 aliphatic rings. The quantitative estimate of drug-likeness (QED) is 0.677. The number of hydrogen-bond donors (Lipinski definition) is 2. The van der Waals surface area contributed by atoms with Crippen LogP contribution in [0.4, 0.5) is 5.69 Å². The number of halogens is 1. The molecule has 0 radical (unpaired) electrons. The fourth-order valence-electron chi connectivity index (χ4n) is 2.41. The average molecular weight is 423 g/mol. The van der Waals surface area contributed by atoms with Crippen molar-refractivity contribution in [3.05, 3.63) is 46.4 Å². The molecule has 1 atom stereocenters. The van der Waals surface area contributed by atoms with Gasteiger partial charge in [0.15, 0.2) is 0 Å². The van der Waals surface area contributed by atoms with E-state index in [0.717, 1.165) is 15.8 Å². The van der Waals surface area contributed by atoms with Gasteiger partial charge < -0.3 is 24.8 Å². The first-order valence-electron chi connectivity index (χ1n) is 8.07. The van der Waals surface area contributed by atoms with Crippen molar-refractivity contribution in [2.24, 2.45) is 0 Å². The van der Waals surface area contributed by atoms with E-state index in [2.05, 4.69) is 26.6 Å². The molecule has 0 heterocycles. The van der Waals surface area contributed by atoms with Crippen molar-refractivity contribution in [3.8, 4) is 17.2 Å². The van der Waals surface area contributed by atoms with E-state index in [4.69, 9.17) is 14.2 Å². The van der Waals surface area contributed by atoms with Gasteiger partial charge in [-0.2, -0.15) is 0 Å². The number of rotatable bonds is 8. The van der Waals surface area contributed by atoms with Crippen molar-refractivity contribution in [2.75, 3.05) is 33.2 Å². The summed E-state index contributed by atoms with van der Waals surface area (Å²) in [6.07, 6.45) is 0. The van der Waals surface area contributed by atoms with Crippen LogP contribution in [-0.2, 0) is 4.79 Å². The second-order valence-electron chi connectivity index (χ2n) is 5.61. The molecule has 1 unspecified atom stereocenters. The smallest absolute Gasteiger partial charge is 0.238 e. The van der Waals surface area contributed by atoms with E-state index in [9.17, 15) is 4.79 Å². The van der Waals surface area contributed by atoms with Gasteiger partial charge in [-0.1, -0.05) is 6.07 Å². The van der Waals surface area contributed by atoms with Gasteiger partial charge in [0.05, 0.1) is 38.0 Å². The third kappa shape index (κ3) is 5.12. The molecule has 0 spiro atoms. The molecule has 2 aromatic carbocycles. The molecule has 7 heteroatoms.